The summed E-state index contributed by atoms with van der Waals surface area (Å²) >= 11 is 3.32. The molecule has 0 unspecified atom stereocenters. The fourth-order valence-corrected chi connectivity index (χ4v) is 1.88. The van der Waals surface area contributed by atoms with E-state index in [4.69, 9.17) is 0 Å². The van der Waals surface area contributed by atoms with Gasteiger partial charge in [0.25, 0.3) is 5.91 Å². The van der Waals surface area contributed by atoms with E-state index in [2.05, 4.69) is 20.9 Å². The SMILES string of the molecule is Cc1cccc(C(=O)N(C)c2ccc(Br)cn2)c1. The van der Waals surface area contributed by atoms with Gasteiger partial charge < -0.3 is 0 Å². The van der Waals surface area contributed by atoms with Gasteiger partial charge in [0.1, 0.15) is 5.82 Å². The molecule has 2 aromatic rings. The van der Waals surface area contributed by atoms with Gasteiger partial charge in [0, 0.05) is 23.3 Å². The van der Waals surface area contributed by atoms with Gasteiger partial charge in [-0.05, 0) is 47.1 Å². The van der Waals surface area contributed by atoms with Gasteiger partial charge in [0.05, 0.1) is 0 Å². The van der Waals surface area contributed by atoms with Crippen molar-refractivity contribution in [2.45, 2.75) is 6.92 Å². The maximum Gasteiger partial charge on any atom is 0.259 e. The fourth-order valence-electron chi connectivity index (χ4n) is 1.64. The molecule has 0 bridgehead atoms. The number of amides is 1. The second kappa shape index (κ2) is 5.31. The first kappa shape index (κ1) is 12.8. The molecule has 1 aromatic carbocycles. The summed E-state index contributed by atoms with van der Waals surface area (Å²) in [4.78, 5) is 18.0. The van der Waals surface area contributed by atoms with E-state index in [9.17, 15) is 4.79 Å². The predicted molar refractivity (Wildman–Crippen MR) is 75.8 cm³/mol. The molecule has 3 nitrogen and oxygen atoms in total. The number of nitrogens with zero attached hydrogens (tertiary/aromatic N) is 2. The number of hydrogen-bond donors (Lipinski definition) is 0. The highest BCUT2D eigenvalue weighted by atomic mass is 79.9. The number of pyridine rings is 1. The molecule has 4 heteroatoms. The van der Waals surface area contributed by atoms with Crippen LogP contribution >= 0.6 is 15.9 Å². The topological polar surface area (TPSA) is 33.2 Å². The molecule has 0 saturated carbocycles. The van der Waals surface area contributed by atoms with E-state index < -0.39 is 0 Å². The second-order valence-corrected chi connectivity index (χ2v) is 4.98. The largest absolute Gasteiger partial charge is 0.296 e. The predicted octanol–water partition coefficient (Wildman–Crippen LogP) is 3.43. The third-order valence-corrected chi connectivity index (χ3v) is 3.09. The molecule has 1 heterocycles. The summed E-state index contributed by atoms with van der Waals surface area (Å²) in [6.45, 7) is 1.97. The van der Waals surface area contributed by atoms with Crippen LogP contribution in [0.2, 0.25) is 0 Å². The minimum absolute atomic E-state index is 0.0616. The van der Waals surface area contributed by atoms with Crippen molar-refractivity contribution in [3.63, 3.8) is 0 Å². The van der Waals surface area contributed by atoms with Gasteiger partial charge >= 0.3 is 0 Å². The number of halogens is 1. The molecule has 1 amide bonds. The Morgan fingerprint density at radius 1 is 1.28 bits per heavy atom. The summed E-state index contributed by atoms with van der Waals surface area (Å²) in [5, 5.41) is 0. The molecule has 0 saturated heterocycles. The number of rotatable bonds is 2. The first-order valence-electron chi connectivity index (χ1n) is 5.54. The summed E-state index contributed by atoms with van der Waals surface area (Å²) < 4.78 is 0.891. The van der Waals surface area contributed by atoms with Crippen molar-refractivity contribution in [3.8, 4) is 0 Å². The van der Waals surface area contributed by atoms with Crippen LogP contribution < -0.4 is 4.90 Å². The molecule has 0 spiro atoms. The monoisotopic (exact) mass is 304 g/mol. The summed E-state index contributed by atoms with van der Waals surface area (Å²) in [6.07, 6.45) is 1.68. The van der Waals surface area contributed by atoms with Gasteiger partial charge in [-0.1, -0.05) is 17.7 Å². The van der Waals surface area contributed by atoms with Crippen molar-refractivity contribution in [1.29, 1.82) is 0 Å². The van der Waals surface area contributed by atoms with Crippen LogP contribution in [0.5, 0.6) is 0 Å². The minimum Gasteiger partial charge on any atom is -0.296 e. The van der Waals surface area contributed by atoms with Crippen LogP contribution in [0.25, 0.3) is 0 Å². The third kappa shape index (κ3) is 2.76. The molecular weight excluding hydrogens is 292 g/mol. The highest BCUT2D eigenvalue weighted by Crippen LogP contribution is 2.16. The van der Waals surface area contributed by atoms with Crippen LogP contribution in [-0.4, -0.2) is 17.9 Å². The van der Waals surface area contributed by atoms with Crippen LogP contribution in [0, 0.1) is 6.92 Å². The van der Waals surface area contributed by atoms with E-state index in [1.807, 2.05) is 37.3 Å². The maximum absolute atomic E-state index is 12.3. The van der Waals surface area contributed by atoms with Crippen LogP contribution in [0.15, 0.2) is 47.1 Å². The molecule has 18 heavy (non-hydrogen) atoms. The van der Waals surface area contributed by atoms with Crippen LogP contribution in [0.4, 0.5) is 5.82 Å². The first-order chi connectivity index (χ1) is 8.58. The zero-order chi connectivity index (χ0) is 13.1. The molecule has 0 radical (unpaired) electrons. The van der Waals surface area contributed by atoms with E-state index in [0.29, 0.717) is 11.4 Å². The second-order valence-electron chi connectivity index (χ2n) is 4.07. The number of benzene rings is 1. The molecular formula is C14H13BrN2O. The van der Waals surface area contributed by atoms with Crippen molar-refractivity contribution >= 4 is 27.7 Å². The number of anilines is 1. The van der Waals surface area contributed by atoms with Crippen LogP contribution in [0.3, 0.4) is 0 Å². The molecule has 1 aromatic heterocycles. The lowest BCUT2D eigenvalue weighted by molar-refractivity contribution is 0.0992. The summed E-state index contributed by atoms with van der Waals surface area (Å²) in [5.41, 5.74) is 1.74. The van der Waals surface area contributed by atoms with Crippen LogP contribution in [-0.2, 0) is 0 Å². The summed E-state index contributed by atoms with van der Waals surface area (Å²) in [6, 6.07) is 11.2. The number of hydrogen-bond acceptors (Lipinski definition) is 2. The molecule has 0 aliphatic heterocycles. The number of aromatic nitrogens is 1. The molecule has 0 atom stereocenters. The molecule has 2 rings (SSSR count). The lowest BCUT2D eigenvalue weighted by Gasteiger charge is -2.16. The molecule has 92 valence electrons. The van der Waals surface area contributed by atoms with Crippen molar-refractivity contribution < 1.29 is 4.79 Å². The molecule has 0 aliphatic carbocycles. The smallest absolute Gasteiger partial charge is 0.259 e. The van der Waals surface area contributed by atoms with Crippen molar-refractivity contribution in [2.24, 2.45) is 0 Å². The Hall–Kier alpha value is -1.68. The Morgan fingerprint density at radius 3 is 2.67 bits per heavy atom. The Kier molecular flexibility index (Phi) is 3.77. The van der Waals surface area contributed by atoms with E-state index in [1.54, 1.807) is 24.2 Å². The normalized spacial score (nSPS) is 10.2. The van der Waals surface area contributed by atoms with Gasteiger partial charge in [0.2, 0.25) is 0 Å². The Labute approximate surface area is 115 Å². The quantitative estimate of drug-likeness (QED) is 0.851. The van der Waals surface area contributed by atoms with Crippen molar-refractivity contribution in [2.75, 3.05) is 11.9 Å². The number of aryl methyl sites for hydroxylation is 1. The van der Waals surface area contributed by atoms with Gasteiger partial charge in [-0.2, -0.15) is 0 Å². The van der Waals surface area contributed by atoms with Gasteiger partial charge in [-0.25, -0.2) is 4.98 Å². The third-order valence-electron chi connectivity index (χ3n) is 2.63. The molecule has 0 fully saturated rings. The van der Waals surface area contributed by atoms with E-state index in [-0.39, 0.29) is 5.91 Å². The van der Waals surface area contributed by atoms with E-state index in [0.717, 1.165) is 10.0 Å². The lowest BCUT2D eigenvalue weighted by atomic mass is 10.1. The van der Waals surface area contributed by atoms with Gasteiger partial charge in [-0.15, -0.1) is 0 Å². The zero-order valence-electron chi connectivity index (χ0n) is 10.2. The highest BCUT2D eigenvalue weighted by Gasteiger charge is 2.14. The first-order valence-corrected chi connectivity index (χ1v) is 6.33. The lowest BCUT2D eigenvalue weighted by Crippen LogP contribution is -2.27. The van der Waals surface area contributed by atoms with Crippen molar-refractivity contribution in [3.05, 3.63) is 58.2 Å². The number of carbonyl (C=O) groups is 1. The van der Waals surface area contributed by atoms with Crippen LogP contribution in [0.1, 0.15) is 15.9 Å². The average molecular weight is 305 g/mol. The van der Waals surface area contributed by atoms with Gasteiger partial charge in [0.15, 0.2) is 0 Å². The standard InChI is InChI=1S/C14H13BrN2O/c1-10-4-3-5-11(8-10)14(18)17(2)13-7-6-12(15)9-16-13/h3-9H,1-2H3. The number of carbonyl (C=O) groups excluding carboxylic acids is 1. The van der Waals surface area contributed by atoms with Crippen molar-refractivity contribution in [1.82, 2.24) is 4.98 Å². The molecule has 0 aliphatic rings. The Morgan fingerprint density at radius 2 is 2.06 bits per heavy atom. The maximum atomic E-state index is 12.3. The Balaban J connectivity index is 2.26. The fraction of sp³-hybridized carbons (Fsp3) is 0.143. The highest BCUT2D eigenvalue weighted by molar-refractivity contribution is 9.10. The minimum atomic E-state index is -0.0616. The van der Waals surface area contributed by atoms with E-state index in [1.165, 1.54) is 0 Å². The van der Waals surface area contributed by atoms with E-state index >= 15 is 0 Å². The van der Waals surface area contributed by atoms with Gasteiger partial charge in [-0.3, -0.25) is 9.69 Å². The molecule has 0 N–H and O–H groups in total. The zero-order valence-corrected chi connectivity index (χ0v) is 11.8. The summed E-state index contributed by atoms with van der Waals surface area (Å²) in [7, 11) is 1.72. The summed E-state index contributed by atoms with van der Waals surface area (Å²) in [5.74, 6) is 0.568. The Bertz CT molecular complexity index is 566. The average Bonchev–Trinajstić information content (AvgIpc) is 2.38.